The number of hydrogen-bond acceptors (Lipinski definition) is 5. The van der Waals surface area contributed by atoms with Crippen LogP contribution >= 0.6 is 0 Å². The zero-order valence-electron chi connectivity index (χ0n) is 12.8. The molecule has 124 valence electrons. The summed E-state index contributed by atoms with van der Waals surface area (Å²) in [6, 6.07) is 7.64. The van der Waals surface area contributed by atoms with Gasteiger partial charge in [-0.25, -0.2) is 4.79 Å². The van der Waals surface area contributed by atoms with E-state index < -0.39 is 29.9 Å². The molecule has 0 spiro atoms. The molecule has 7 heteroatoms. The molecular formula is C16H21N3O4. The second kappa shape index (κ2) is 7.73. The SMILES string of the molecule is NC(=O)C[C@H](N)C(=O)N1CCC[C@H]1C(=O)OCc1ccccc1. The maximum absolute atomic E-state index is 12.3. The Balaban J connectivity index is 1.93. The van der Waals surface area contributed by atoms with Crippen LogP contribution in [0.5, 0.6) is 0 Å². The Morgan fingerprint density at radius 2 is 1.96 bits per heavy atom. The Hall–Kier alpha value is -2.41. The molecule has 1 aliphatic heterocycles. The average molecular weight is 319 g/mol. The first-order valence-electron chi connectivity index (χ1n) is 7.54. The zero-order valence-corrected chi connectivity index (χ0v) is 12.8. The van der Waals surface area contributed by atoms with Gasteiger partial charge in [0, 0.05) is 6.54 Å². The Morgan fingerprint density at radius 1 is 1.26 bits per heavy atom. The summed E-state index contributed by atoms with van der Waals surface area (Å²) >= 11 is 0. The second-order valence-electron chi connectivity index (χ2n) is 5.56. The van der Waals surface area contributed by atoms with Gasteiger partial charge >= 0.3 is 5.97 Å². The summed E-state index contributed by atoms with van der Waals surface area (Å²) in [6.07, 6.45) is 0.990. The molecule has 0 aromatic heterocycles. The molecule has 0 radical (unpaired) electrons. The lowest BCUT2D eigenvalue weighted by molar-refractivity contribution is -0.155. The Labute approximate surface area is 134 Å². The third-order valence-corrected chi connectivity index (χ3v) is 3.77. The van der Waals surface area contributed by atoms with Crippen LogP contribution in [0.3, 0.4) is 0 Å². The second-order valence-corrected chi connectivity index (χ2v) is 5.56. The van der Waals surface area contributed by atoms with Crippen molar-refractivity contribution in [3.8, 4) is 0 Å². The van der Waals surface area contributed by atoms with E-state index in [1.54, 1.807) is 0 Å². The van der Waals surface area contributed by atoms with Gasteiger partial charge in [0.25, 0.3) is 0 Å². The molecule has 1 aliphatic rings. The van der Waals surface area contributed by atoms with Crippen LogP contribution in [0, 0.1) is 0 Å². The van der Waals surface area contributed by atoms with Crippen molar-refractivity contribution in [1.29, 1.82) is 0 Å². The van der Waals surface area contributed by atoms with Crippen molar-refractivity contribution in [2.24, 2.45) is 11.5 Å². The number of hydrogen-bond donors (Lipinski definition) is 2. The number of likely N-dealkylation sites (tertiary alicyclic amines) is 1. The highest BCUT2D eigenvalue weighted by molar-refractivity contribution is 5.91. The number of carbonyl (C=O) groups is 3. The molecule has 0 aliphatic carbocycles. The van der Waals surface area contributed by atoms with Gasteiger partial charge in [0.15, 0.2) is 0 Å². The number of nitrogens with zero attached hydrogens (tertiary/aromatic N) is 1. The zero-order chi connectivity index (χ0) is 16.8. The Bertz CT molecular complexity index is 576. The molecule has 0 saturated carbocycles. The van der Waals surface area contributed by atoms with Crippen LogP contribution in [-0.2, 0) is 25.7 Å². The van der Waals surface area contributed by atoms with Crippen LogP contribution in [0.15, 0.2) is 30.3 Å². The summed E-state index contributed by atoms with van der Waals surface area (Å²) in [5.74, 6) is -1.54. The van der Waals surface area contributed by atoms with Crippen LogP contribution in [0.25, 0.3) is 0 Å². The summed E-state index contributed by atoms with van der Waals surface area (Å²) < 4.78 is 5.29. The van der Waals surface area contributed by atoms with E-state index >= 15 is 0 Å². The first-order valence-corrected chi connectivity index (χ1v) is 7.54. The summed E-state index contributed by atoms with van der Waals surface area (Å²) in [5, 5.41) is 0. The number of nitrogens with two attached hydrogens (primary N) is 2. The molecular weight excluding hydrogens is 298 g/mol. The van der Waals surface area contributed by atoms with E-state index in [0.717, 1.165) is 5.56 Å². The van der Waals surface area contributed by atoms with Crippen molar-refractivity contribution in [2.45, 2.75) is 38.0 Å². The van der Waals surface area contributed by atoms with Crippen molar-refractivity contribution in [2.75, 3.05) is 6.54 Å². The summed E-state index contributed by atoms with van der Waals surface area (Å²) in [5.41, 5.74) is 11.6. The quantitative estimate of drug-likeness (QED) is 0.712. The minimum Gasteiger partial charge on any atom is -0.459 e. The predicted molar refractivity (Wildman–Crippen MR) is 82.8 cm³/mol. The number of carbonyl (C=O) groups excluding carboxylic acids is 3. The van der Waals surface area contributed by atoms with Gasteiger partial charge in [-0.15, -0.1) is 0 Å². The summed E-state index contributed by atoms with van der Waals surface area (Å²) in [7, 11) is 0. The highest BCUT2D eigenvalue weighted by atomic mass is 16.5. The van der Waals surface area contributed by atoms with Crippen LogP contribution in [0.1, 0.15) is 24.8 Å². The maximum Gasteiger partial charge on any atom is 0.329 e. The summed E-state index contributed by atoms with van der Waals surface area (Å²) in [6.45, 7) is 0.585. The lowest BCUT2D eigenvalue weighted by Gasteiger charge is -2.25. The fourth-order valence-corrected chi connectivity index (χ4v) is 2.62. The van der Waals surface area contributed by atoms with Crippen molar-refractivity contribution >= 4 is 17.8 Å². The van der Waals surface area contributed by atoms with Crippen LogP contribution in [0.4, 0.5) is 0 Å². The molecule has 0 bridgehead atoms. The van der Waals surface area contributed by atoms with Gasteiger partial charge in [-0.05, 0) is 18.4 Å². The van der Waals surface area contributed by atoms with E-state index in [-0.39, 0.29) is 13.0 Å². The van der Waals surface area contributed by atoms with E-state index in [1.807, 2.05) is 30.3 Å². The van der Waals surface area contributed by atoms with E-state index in [2.05, 4.69) is 0 Å². The maximum atomic E-state index is 12.3. The van der Waals surface area contributed by atoms with Gasteiger partial charge in [-0.2, -0.15) is 0 Å². The van der Waals surface area contributed by atoms with Crippen molar-refractivity contribution in [3.63, 3.8) is 0 Å². The van der Waals surface area contributed by atoms with Gasteiger partial charge in [0.2, 0.25) is 11.8 Å². The van der Waals surface area contributed by atoms with Gasteiger partial charge in [0.05, 0.1) is 12.5 Å². The molecule has 1 aromatic carbocycles. The topological polar surface area (TPSA) is 116 Å². The molecule has 1 saturated heterocycles. The molecule has 4 N–H and O–H groups in total. The van der Waals surface area contributed by atoms with E-state index in [9.17, 15) is 14.4 Å². The molecule has 1 heterocycles. The fourth-order valence-electron chi connectivity index (χ4n) is 2.62. The minimum absolute atomic E-state index is 0.158. The Kier molecular flexibility index (Phi) is 5.70. The standard InChI is InChI=1S/C16H21N3O4/c17-12(9-14(18)20)15(21)19-8-4-7-13(19)16(22)23-10-11-5-2-1-3-6-11/h1-3,5-6,12-13H,4,7-10,17H2,(H2,18,20)/t12-,13-/m0/s1. The number of ether oxygens (including phenoxy) is 1. The van der Waals surface area contributed by atoms with Gasteiger partial charge < -0.3 is 21.1 Å². The minimum atomic E-state index is -1.02. The number of amides is 2. The van der Waals surface area contributed by atoms with Crippen LogP contribution in [-0.4, -0.2) is 41.3 Å². The summed E-state index contributed by atoms with van der Waals surface area (Å²) in [4.78, 5) is 36.8. The van der Waals surface area contributed by atoms with E-state index in [4.69, 9.17) is 16.2 Å². The van der Waals surface area contributed by atoms with Crippen molar-refractivity contribution < 1.29 is 19.1 Å². The molecule has 23 heavy (non-hydrogen) atoms. The molecule has 2 rings (SSSR count). The van der Waals surface area contributed by atoms with Crippen molar-refractivity contribution in [1.82, 2.24) is 4.90 Å². The Morgan fingerprint density at radius 3 is 2.61 bits per heavy atom. The predicted octanol–water partition coefficient (Wildman–Crippen LogP) is -0.0765. The number of esters is 1. The van der Waals surface area contributed by atoms with Gasteiger partial charge in [0.1, 0.15) is 12.6 Å². The highest BCUT2D eigenvalue weighted by Gasteiger charge is 2.37. The fraction of sp³-hybridized carbons (Fsp3) is 0.438. The first kappa shape index (κ1) is 17.0. The molecule has 1 fully saturated rings. The lowest BCUT2D eigenvalue weighted by Crippen LogP contribution is -2.49. The van der Waals surface area contributed by atoms with Crippen LogP contribution < -0.4 is 11.5 Å². The smallest absolute Gasteiger partial charge is 0.329 e. The third kappa shape index (κ3) is 4.53. The molecule has 0 unspecified atom stereocenters. The lowest BCUT2D eigenvalue weighted by atomic mass is 10.1. The number of benzene rings is 1. The largest absolute Gasteiger partial charge is 0.459 e. The number of rotatable bonds is 6. The highest BCUT2D eigenvalue weighted by Crippen LogP contribution is 2.20. The average Bonchev–Trinajstić information content (AvgIpc) is 3.01. The van der Waals surface area contributed by atoms with Gasteiger partial charge in [-0.1, -0.05) is 30.3 Å². The van der Waals surface area contributed by atoms with E-state index in [1.165, 1.54) is 4.90 Å². The van der Waals surface area contributed by atoms with Crippen LogP contribution in [0.2, 0.25) is 0 Å². The molecule has 2 atom stereocenters. The molecule has 1 aromatic rings. The molecule has 7 nitrogen and oxygen atoms in total. The van der Waals surface area contributed by atoms with E-state index in [0.29, 0.717) is 19.4 Å². The molecule has 2 amide bonds. The number of primary amides is 1. The third-order valence-electron chi connectivity index (χ3n) is 3.77. The van der Waals surface area contributed by atoms with Gasteiger partial charge in [-0.3, -0.25) is 9.59 Å². The monoisotopic (exact) mass is 319 g/mol. The van der Waals surface area contributed by atoms with Crippen molar-refractivity contribution in [3.05, 3.63) is 35.9 Å². The first-order chi connectivity index (χ1) is 11.0. The normalized spacial score (nSPS) is 18.5.